The number of ether oxygens (including phenoxy) is 1. The van der Waals surface area contributed by atoms with Crippen molar-refractivity contribution in [1.29, 1.82) is 0 Å². The second kappa shape index (κ2) is 6.52. The van der Waals surface area contributed by atoms with E-state index in [0.717, 1.165) is 22.7 Å². The van der Waals surface area contributed by atoms with Gasteiger partial charge in [0.15, 0.2) is 6.10 Å². The lowest BCUT2D eigenvalue weighted by Gasteiger charge is -2.14. The lowest BCUT2D eigenvalue weighted by atomic mass is 10.2. The third kappa shape index (κ3) is 3.57. The summed E-state index contributed by atoms with van der Waals surface area (Å²) >= 11 is 1.59. The minimum Gasteiger partial charge on any atom is -0.479 e. The number of carboxylic acids is 1. The van der Waals surface area contributed by atoms with Crippen LogP contribution in [0.1, 0.15) is 25.5 Å². The van der Waals surface area contributed by atoms with Crippen molar-refractivity contribution in [3.05, 3.63) is 35.3 Å². The van der Waals surface area contributed by atoms with Gasteiger partial charge in [0.1, 0.15) is 10.8 Å². The summed E-state index contributed by atoms with van der Waals surface area (Å²) in [6.45, 7) is 3.90. The fraction of sp³-hybridized carbons (Fsp3) is 0.333. The first-order valence-electron chi connectivity index (χ1n) is 6.52. The first kappa shape index (κ1) is 14.5. The summed E-state index contributed by atoms with van der Waals surface area (Å²) in [5, 5.41) is 12.0. The zero-order valence-corrected chi connectivity index (χ0v) is 12.3. The summed E-state index contributed by atoms with van der Waals surface area (Å²) in [6, 6.07) is 7.38. The third-order valence-electron chi connectivity index (χ3n) is 2.82. The van der Waals surface area contributed by atoms with E-state index < -0.39 is 12.1 Å². The Hall–Kier alpha value is -1.88. The van der Waals surface area contributed by atoms with Crippen molar-refractivity contribution < 1.29 is 14.6 Å². The fourth-order valence-electron chi connectivity index (χ4n) is 1.82. The molecule has 1 aromatic carbocycles. The van der Waals surface area contributed by atoms with E-state index >= 15 is 0 Å². The summed E-state index contributed by atoms with van der Waals surface area (Å²) in [6.07, 6.45) is 0.490. The molecule has 0 amide bonds. The molecule has 0 bridgehead atoms. The number of benzene rings is 1. The zero-order chi connectivity index (χ0) is 14.5. The van der Waals surface area contributed by atoms with Gasteiger partial charge in [0, 0.05) is 16.6 Å². The quantitative estimate of drug-likeness (QED) is 0.880. The summed E-state index contributed by atoms with van der Waals surface area (Å²) < 4.78 is 5.50. The molecule has 5 heteroatoms. The van der Waals surface area contributed by atoms with Gasteiger partial charge in [-0.2, -0.15) is 0 Å². The van der Waals surface area contributed by atoms with Gasteiger partial charge in [0.05, 0.1) is 0 Å². The Balaban J connectivity index is 2.09. The highest BCUT2D eigenvalue weighted by atomic mass is 32.1. The average Bonchev–Trinajstić information content (AvgIpc) is 2.85. The molecule has 1 heterocycles. The van der Waals surface area contributed by atoms with E-state index in [1.165, 1.54) is 0 Å². The minimum absolute atomic E-state index is 0.503. The van der Waals surface area contributed by atoms with Crippen molar-refractivity contribution in [2.75, 3.05) is 0 Å². The van der Waals surface area contributed by atoms with E-state index in [1.54, 1.807) is 23.5 Å². The van der Waals surface area contributed by atoms with E-state index in [9.17, 15) is 4.79 Å². The molecule has 4 nitrogen and oxygen atoms in total. The third-order valence-corrected chi connectivity index (χ3v) is 3.83. The molecular weight excluding hydrogens is 274 g/mol. The maximum atomic E-state index is 11.1. The van der Waals surface area contributed by atoms with Crippen molar-refractivity contribution in [2.45, 2.75) is 32.8 Å². The van der Waals surface area contributed by atoms with Crippen molar-refractivity contribution >= 4 is 17.3 Å². The van der Waals surface area contributed by atoms with E-state index in [0.29, 0.717) is 12.2 Å². The zero-order valence-electron chi connectivity index (χ0n) is 11.5. The predicted octanol–water partition coefficient (Wildman–Crippen LogP) is 3.75. The molecule has 106 valence electrons. The average molecular weight is 291 g/mol. The molecule has 20 heavy (non-hydrogen) atoms. The Bertz CT molecular complexity index is 577. The number of hydrogen-bond acceptors (Lipinski definition) is 4. The summed E-state index contributed by atoms with van der Waals surface area (Å²) in [4.78, 5) is 15.5. The summed E-state index contributed by atoms with van der Waals surface area (Å²) in [5.74, 6) is -0.352. The number of rotatable bonds is 6. The summed E-state index contributed by atoms with van der Waals surface area (Å²) in [7, 11) is 0. The molecule has 0 spiro atoms. The van der Waals surface area contributed by atoms with E-state index in [2.05, 4.69) is 4.98 Å². The molecule has 0 saturated heterocycles. The maximum absolute atomic E-state index is 11.1. The second-order valence-corrected chi connectivity index (χ2v) is 5.41. The lowest BCUT2D eigenvalue weighted by molar-refractivity contribution is -0.145. The summed E-state index contributed by atoms with van der Waals surface area (Å²) in [5.41, 5.74) is 2.01. The molecule has 0 radical (unpaired) electrons. The lowest BCUT2D eigenvalue weighted by Crippen LogP contribution is -2.26. The largest absolute Gasteiger partial charge is 0.479 e. The first-order valence-corrected chi connectivity index (χ1v) is 7.40. The molecule has 0 aliphatic heterocycles. The van der Waals surface area contributed by atoms with Gasteiger partial charge in [-0.05, 0) is 37.6 Å². The molecule has 2 aromatic rings. The van der Waals surface area contributed by atoms with Crippen LogP contribution >= 0.6 is 11.3 Å². The van der Waals surface area contributed by atoms with Crippen LogP contribution in [-0.4, -0.2) is 22.2 Å². The topological polar surface area (TPSA) is 59.4 Å². The highest BCUT2D eigenvalue weighted by Crippen LogP contribution is 2.26. The Morgan fingerprint density at radius 2 is 2.10 bits per heavy atom. The Kier molecular flexibility index (Phi) is 4.74. The maximum Gasteiger partial charge on any atom is 0.344 e. The molecule has 1 aromatic heterocycles. The highest BCUT2D eigenvalue weighted by molar-refractivity contribution is 7.13. The smallest absolute Gasteiger partial charge is 0.344 e. The standard InChI is InChI=1S/C15H17NO3S/c1-3-4-13(15(17)18)19-12-7-5-11(6-8-12)14-16-10(2)9-20-14/h5-9,13H,3-4H2,1-2H3,(H,17,18). The van der Waals surface area contributed by atoms with Crippen molar-refractivity contribution in [1.82, 2.24) is 4.98 Å². The molecule has 0 aliphatic rings. The van der Waals surface area contributed by atoms with Crippen LogP contribution in [0.3, 0.4) is 0 Å². The number of thiazole rings is 1. The van der Waals surface area contributed by atoms with Gasteiger partial charge in [0.2, 0.25) is 0 Å². The number of aromatic nitrogens is 1. The highest BCUT2D eigenvalue weighted by Gasteiger charge is 2.18. The van der Waals surface area contributed by atoms with Crippen LogP contribution in [0.2, 0.25) is 0 Å². The van der Waals surface area contributed by atoms with Gasteiger partial charge in [-0.3, -0.25) is 0 Å². The van der Waals surface area contributed by atoms with Gasteiger partial charge in [-0.25, -0.2) is 9.78 Å². The molecule has 0 aliphatic carbocycles. The normalized spacial score (nSPS) is 12.1. The van der Waals surface area contributed by atoms with Gasteiger partial charge < -0.3 is 9.84 Å². The van der Waals surface area contributed by atoms with Gasteiger partial charge in [-0.15, -0.1) is 11.3 Å². The molecule has 1 atom stereocenters. The fourth-order valence-corrected chi connectivity index (χ4v) is 2.63. The number of carboxylic acid groups (broad SMARTS) is 1. The van der Waals surface area contributed by atoms with Crippen LogP contribution < -0.4 is 4.74 Å². The van der Waals surface area contributed by atoms with Crippen LogP contribution in [-0.2, 0) is 4.79 Å². The number of aliphatic carboxylic acids is 1. The van der Waals surface area contributed by atoms with Crippen molar-refractivity contribution in [3.8, 4) is 16.3 Å². The second-order valence-electron chi connectivity index (χ2n) is 4.55. The number of nitrogens with zero attached hydrogens (tertiary/aromatic N) is 1. The Labute approximate surface area is 122 Å². The molecule has 1 N–H and O–H groups in total. The van der Waals surface area contributed by atoms with E-state index in [4.69, 9.17) is 9.84 Å². The molecule has 1 unspecified atom stereocenters. The van der Waals surface area contributed by atoms with E-state index in [-0.39, 0.29) is 0 Å². The SMILES string of the molecule is CCCC(Oc1ccc(-c2nc(C)cs2)cc1)C(=O)O. The van der Waals surface area contributed by atoms with Crippen LogP contribution in [0.25, 0.3) is 10.6 Å². The molecular formula is C15H17NO3S. The van der Waals surface area contributed by atoms with Crippen molar-refractivity contribution in [2.24, 2.45) is 0 Å². The first-order chi connectivity index (χ1) is 9.60. The van der Waals surface area contributed by atoms with Gasteiger partial charge in [0.25, 0.3) is 0 Å². The van der Waals surface area contributed by atoms with Crippen LogP contribution in [0.5, 0.6) is 5.75 Å². The van der Waals surface area contributed by atoms with Crippen LogP contribution in [0, 0.1) is 6.92 Å². The molecule has 0 saturated carbocycles. The Morgan fingerprint density at radius 3 is 2.60 bits per heavy atom. The number of aryl methyl sites for hydroxylation is 1. The van der Waals surface area contributed by atoms with Gasteiger partial charge >= 0.3 is 5.97 Å². The van der Waals surface area contributed by atoms with E-state index in [1.807, 2.05) is 31.4 Å². The van der Waals surface area contributed by atoms with Crippen LogP contribution in [0.15, 0.2) is 29.6 Å². The number of carbonyl (C=O) groups is 1. The van der Waals surface area contributed by atoms with Gasteiger partial charge in [-0.1, -0.05) is 13.3 Å². The van der Waals surface area contributed by atoms with Crippen LogP contribution in [0.4, 0.5) is 0 Å². The molecule has 2 rings (SSSR count). The predicted molar refractivity (Wildman–Crippen MR) is 79.2 cm³/mol. The van der Waals surface area contributed by atoms with Crippen molar-refractivity contribution in [3.63, 3.8) is 0 Å². The minimum atomic E-state index is -0.925. The molecule has 0 fully saturated rings. The monoisotopic (exact) mass is 291 g/mol. The Morgan fingerprint density at radius 1 is 1.40 bits per heavy atom. The number of hydrogen-bond donors (Lipinski definition) is 1.